The predicted octanol–water partition coefficient (Wildman–Crippen LogP) is 2.60. The molecule has 1 amide bonds. The van der Waals surface area contributed by atoms with Crippen molar-refractivity contribution in [3.8, 4) is 11.8 Å². The monoisotopic (exact) mass is 273 g/mol. The Morgan fingerprint density at radius 2 is 2.10 bits per heavy atom. The van der Waals surface area contributed by atoms with Crippen molar-refractivity contribution in [3.63, 3.8) is 0 Å². The van der Waals surface area contributed by atoms with Crippen molar-refractivity contribution >= 4 is 5.91 Å². The number of carbonyl (C=O) groups is 1. The SMILES string of the molecule is CCCN(CC)C(=O)c1cc(C)ccc1C#CCCO. The summed E-state index contributed by atoms with van der Waals surface area (Å²) in [6.07, 6.45) is 1.37. The molecule has 0 heterocycles. The summed E-state index contributed by atoms with van der Waals surface area (Å²) in [7, 11) is 0. The number of hydrogen-bond donors (Lipinski definition) is 1. The minimum atomic E-state index is 0.0337. The fourth-order valence-electron chi connectivity index (χ4n) is 2.00. The fraction of sp³-hybridized carbons (Fsp3) is 0.471. The molecule has 0 fully saturated rings. The summed E-state index contributed by atoms with van der Waals surface area (Å²) in [6.45, 7) is 7.52. The van der Waals surface area contributed by atoms with E-state index < -0.39 is 0 Å². The fourth-order valence-corrected chi connectivity index (χ4v) is 2.00. The molecule has 0 aliphatic rings. The summed E-state index contributed by atoms with van der Waals surface area (Å²) in [5.74, 6) is 5.90. The highest BCUT2D eigenvalue weighted by Gasteiger charge is 2.16. The zero-order valence-electron chi connectivity index (χ0n) is 12.6. The van der Waals surface area contributed by atoms with Crippen LogP contribution in [0.15, 0.2) is 18.2 Å². The van der Waals surface area contributed by atoms with E-state index in [0.29, 0.717) is 18.5 Å². The van der Waals surface area contributed by atoms with Gasteiger partial charge in [-0.2, -0.15) is 0 Å². The van der Waals surface area contributed by atoms with Crippen LogP contribution in [0.1, 0.15) is 48.2 Å². The van der Waals surface area contributed by atoms with Gasteiger partial charge in [-0.25, -0.2) is 0 Å². The smallest absolute Gasteiger partial charge is 0.255 e. The lowest BCUT2D eigenvalue weighted by molar-refractivity contribution is 0.0764. The van der Waals surface area contributed by atoms with Crippen molar-refractivity contribution < 1.29 is 9.90 Å². The first kappa shape index (κ1) is 16.3. The lowest BCUT2D eigenvalue weighted by Crippen LogP contribution is -2.32. The Hall–Kier alpha value is -1.79. The molecule has 1 rings (SSSR count). The van der Waals surface area contributed by atoms with Gasteiger partial charge in [0, 0.05) is 25.1 Å². The van der Waals surface area contributed by atoms with E-state index in [0.717, 1.165) is 24.1 Å². The molecule has 108 valence electrons. The van der Waals surface area contributed by atoms with E-state index in [1.165, 1.54) is 0 Å². The molecule has 1 N–H and O–H groups in total. The Kier molecular flexibility index (Phi) is 6.83. The second-order valence-corrected chi connectivity index (χ2v) is 4.71. The van der Waals surface area contributed by atoms with Gasteiger partial charge in [0.25, 0.3) is 5.91 Å². The van der Waals surface area contributed by atoms with Crippen molar-refractivity contribution in [3.05, 3.63) is 34.9 Å². The molecule has 0 aliphatic heterocycles. The van der Waals surface area contributed by atoms with Gasteiger partial charge < -0.3 is 10.0 Å². The molecule has 0 saturated carbocycles. The van der Waals surface area contributed by atoms with Crippen LogP contribution in [0.3, 0.4) is 0 Å². The highest BCUT2D eigenvalue weighted by atomic mass is 16.2. The number of aliphatic hydroxyl groups excluding tert-OH is 1. The standard InChI is InChI=1S/C17H23NO2/c1-4-11-18(5-2)17(20)16-13-14(3)9-10-15(16)8-6-7-12-19/h9-10,13,19H,4-5,7,11-12H2,1-3H3. The molecule has 20 heavy (non-hydrogen) atoms. The first-order valence-corrected chi connectivity index (χ1v) is 7.13. The van der Waals surface area contributed by atoms with E-state index >= 15 is 0 Å². The summed E-state index contributed by atoms with van der Waals surface area (Å²) < 4.78 is 0. The van der Waals surface area contributed by atoms with Crippen LogP contribution >= 0.6 is 0 Å². The van der Waals surface area contributed by atoms with Gasteiger partial charge in [0.15, 0.2) is 0 Å². The predicted molar refractivity (Wildman–Crippen MR) is 81.6 cm³/mol. The first-order valence-electron chi connectivity index (χ1n) is 7.13. The molecule has 1 aromatic rings. The minimum absolute atomic E-state index is 0.0337. The molecule has 0 spiro atoms. The van der Waals surface area contributed by atoms with Gasteiger partial charge in [0.05, 0.1) is 12.2 Å². The third-order valence-electron chi connectivity index (χ3n) is 3.03. The van der Waals surface area contributed by atoms with Gasteiger partial charge >= 0.3 is 0 Å². The zero-order valence-corrected chi connectivity index (χ0v) is 12.6. The largest absolute Gasteiger partial charge is 0.395 e. The molecule has 0 atom stereocenters. The Labute approximate surface area is 121 Å². The van der Waals surface area contributed by atoms with E-state index in [2.05, 4.69) is 18.8 Å². The van der Waals surface area contributed by atoms with E-state index in [-0.39, 0.29) is 12.5 Å². The maximum Gasteiger partial charge on any atom is 0.255 e. The van der Waals surface area contributed by atoms with Crippen molar-refractivity contribution in [2.45, 2.75) is 33.6 Å². The second kappa shape index (κ2) is 8.39. The van der Waals surface area contributed by atoms with Gasteiger partial charge in [-0.05, 0) is 32.4 Å². The van der Waals surface area contributed by atoms with E-state index in [1.807, 2.05) is 36.9 Å². The number of hydrogen-bond acceptors (Lipinski definition) is 2. The van der Waals surface area contributed by atoms with Gasteiger partial charge in [0.2, 0.25) is 0 Å². The van der Waals surface area contributed by atoms with E-state index in [1.54, 1.807) is 0 Å². The summed E-state index contributed by atoms with van der Waals surface area (Å²) >= 11 is 0. The van der Waals surface area contributed by atoms with Crippen LogP contribution in [-0.4, -0.2) is 35.6 Å². The number of nitrogens with zero attached hydrogens (tertiary/aromatic N) is 1. The average Bonchev–Trinajstić information content (AvgIpc) is 2.45. The number of benzene rings is 1. The summed E-state index contributed by atoms with van der Waals surface area (Å²) in [5.41, 5.74) is 2.45. The molecule has 0 bridgehead atoms. The summed E-state index contributed by atoms with van der Waals surface area (Å²) in [5, 5.41) is 8.79. The van der Waals surface area contributed by atoms with Crippen LogP contribution < -0.4 is 0 Å². The van der Waals surface area contributed by atoms with Crippen LogP contribution in [0.4, 0.5) is 0 Å². The van der Waals surface area contributed by atoms with Crippen molar-refractivity contribution in [2.24, 2.45) is 0 Å². The van der Waals surface area contributed by atoms with Gasteiger partial charge in [-0.1, -0.05) is 30.4 Å². The topological polar surface area (TPSA) is 40.5 Å². The van der Waals surface area contributed by atoms with Crippen LogP contribution in [-0.2, 0) is 0 Å². The van der Waals surface area contributed by atoms with Gasteiger partial charge in [0.1, 0.15) is 0 Å². The number of aryl methyl sites for hydroxylation is 1. The van der Waals surface area contributed by atoms with Gasteiger partial charge in [-0.3, -0.25) is 4.79 Å². The van der Waals surface area contributed by atoms with Crippen molar-refractivity contribution in [1.29, 1.82) is 0 Å². The first-order chi connectivity index (χ1) is 9.63. The number of carbonyl (C=O) groups excluding carboxylic acids is 1. The second-order valence-electron chi connectivity index (χ2n) is 4.71. The molecule has 3 nitrogen and oxygen atoms in total. The lowest BCUT2D eigenvalue weighted by Gasteiger charge is -2.21. The third-order valence-corrected chi connectivity index (χ3v) is 3.03. The zero-order chi connectivity index (χ0) is 15.0. The maximum atomic E-state index is 12.6. The molecule has 0 aliphatic carbocycles. The number of rotatable bonds is 5. The van der Waals surface area contributed by atoms with E-state index in [9.17, 15) is 4.79 Å². The summed E-state index contributed by atoms with van der Waals surface area (Å²) in [6, 6.07) is 5.73. The number of aliphatic hydroxyl groups is 1. The lowest BCUT2D eigenvalue weighted by atomic mass is 10.0. The summed E-state index contributed by atoms with van der Waals surface area (Å²) in [4.78, 5) is 14.4. The third kappa shape index (κ3) is 4.40. The molecule has 0 unspecified atom stereocenters. The average molecular weight is 273 g/mol. The molecule has 1 aromatic carbocycles. The van der Waals surface area contributed by atoms with Crippen molar-refractivity contribution in [1.82, 2.24) is 4.90 Å². The van der Waals surface area contributed by atoms with Crippen LogP contribution in [0.2, 0.25) is 0 Å². The molecule has 0 aromatic heterocycles. The van der Waals surface area contributed by atoms with Crippen molar-refractivity contribution in [2.75, 3.05) is 19.7 Å². The minimum Gasteiger partial charge on any atom is -0.395 e. The maximum absolute atomic E-state index is 12.6. The molecule has 0 saturated heterocycles. The molecular weight excluding hydrogens is 250 g/mol. The molecule has 3 heteroatoms. The quantitative estimate of drug-likeness (QED) is 0.838. The Morgan fingerprint density at radius 1 is 1.35 bits per heavy atom. The molecular formula is C17H23NO2. The Balaban J connectivity index is 3.11. The van der Waals surface area contributed by atoms with E-state index in [4.69, 9.17) is 5.11 Å². The Morgan fingerprint density at radius 3 is 2.70 bits per heavy atom. The van der Waals surface area contributed by atoms with Crippen LogP contribution in [0.25, 0.3) is 0 Å². The molecule has 0 radical (unpaired) electrons. The van der Waals surface area contributed by atoms with Crippen LogP contribution in [0, 0.1) is 18.8 Å². The Bertz CT molecular complexity index is 511. The van der Waals surface area contributed by atoms with Crippen LogP contribution in [0.5, 0.6) is 0 Å². The highest BCUT2D eigenvalue weighted by molar-refractivity contribution is 5.97. The number of amides is 1. The highest BCUT2D eigenvalue weighted by Crippen LogP contribution is 2.14. The van der Waals surface area contributed by atoms with Gasteiger partial charge in [-0.15, -0.1) is 0 Å². The normalized spacial score (nSPS) is 9.80.